The van der Waals surface area contributed by atoms with E-state index < -0.39 is 5.97 Å². The molecule has 5 nitrogen and oxygen atoms in total. The first kappa shape index (κ1) is 18.3. The molecule has 134 valence electrons. The topological polar surface area (TPSA) is 71.5 Å². The monoisotopic (exact) mass is 386 g/mol. The summed E-state index contributed by atoms with van der Waals surface area (Å²) < 4.78 is 8.45. The molecule has 2 aromatic carbocycles. The zero-order valence-corrected chi connectivity index (χ0v) is 16.2. The number of nitrogens with zero attached hydrogens (tertiary/aromatic N) is 1. The number of hydrogen-bond acceptors (Lipinski definition) is 6. The molecule has 0 aliphatic carbocycles. The van der Waals surface area contributed by atoms with Gasteiger partial charge in [-0.15, -0.1) is 11.3 Å². The molecular formula is C19H18N2O3S2. The molecule has 0 aliphatic rings. The first-order valence-corrected chi connectivity index (χ1v) is 9.55. The number of carboxylic acids is 1. The number of carboxylic acid groups (broad SMARTS) is 1. The van der Waals surface area contributed by atoms with Crippen molar-refractivity contribution in [3.05, 3.63) is 58.5 Å². The summed E-state index contributed by atoms with van der Waals surface area (Å²) >= 11 is 2.96. The molecule has 2 N–H and O–H groups in total. The largest absolute Gasteiger partial charge is 0.495 e. The van der Waals surface area contributed by atoms with E-state index in [9.17, 15) is 4.79 Å². The zero-order valence-electron chi connectivity index (χ0n) is 14.6. The minimum absolute atomic E-state index is 0.184. The van der Waals surface area contributed by atoms with Gasteiger partial charge in [0, 0.05) is 22.9 Å². The van der Waals surface area contributed by atoms with Crippen LogP contribution in [0.4, 0.5) is 5.69 Å². The first-order valence-electron chi connectivity index (χ1n) is 7.86. The molecule has 0 unspecified atom stereocenters. The molecule has 3 rings (SSSR count). The Bertz CT molecular complexity index is 954. The maximum absolute atomic E-state index is 11.1. The molecule has 1 heterocycles. The Balaban J connectivity index is 1.76. The molecule has 3 aromatic rings. The number of benzene rings is 2. The Morgan fingerprint density at radius 1 is 1.27 bits per heavy atom. The highest BCUT2D eigenvalue weighted by Crippen LogP contribution is 2.34. The Morgan fingerprint density at radius 3 is 2.81 bits per heavy atom. The number of nitrogens with one attached hydrogen (secondary N) is 1. The van der Waals surface area contributed by atoms with Crippen LogP contribution in [0.15, 0.2) is 46.8 Å². The van der Waals surface area contributed by atoms with Crippen molar-refractivity contribution < 1.29 is 14.6 Å². The molecule has 0 amide bonds. The van der Waals surface area contributed by atoms with Crippen LogP contribution in [0, 0.1) is 13.8 Å². The third kappa shape index (κ3) is 3.84. The molecule has 0 bridgehead atoms. The highest BCUT2D eigenvalue weighted by atomic mass is 32.2. The fraction of sp³-hybridized carbons (Fsp3) is 0.158. The maximum atomic E-state index is 11.1. The number of aromatic carboxylic acids is 1. The zero-order chi connectivity index (χ0) is 18.7. The predicted octanol–water partition coefficient (Wildman–Crippen LogP) is 5.25. The summed E-state index contributed by atoms with van der Waals surface area (Å²) in [4.78, 5) is 15.7. The summed E-state index contributed by atoms with van der Waals surface area (Å²) in [5.41, 5.74) is 4.50. The molecule has 26 heavy (non-hydrogen) atoms. The summed E-state index contributed by atoms with van der Waals surface area (Å²) in [6.45, 7) is 4.20. The lowest BCUT2D eigenvalue weighted by Crippen LogP contribution is -1.99. The summed E-state index contributed by atoms with van der Waals surface area (Å²) in [5, 5.41) is 12.9. The number of carbonyl (C=O) groups is 1. The van der Waals surface area contributed by atoms with E-state index in [1.165, 1.54) is 42.3 Å². The van der Waals surface area contributed by atoms with E-state index in [0.29, 0.717) is 11.4 Å². The number of thiazole rings is 1. The SMILES string of the molecule is COc1cc(C(=O)O)ccc1NSc1csc(-c2cccc(C)c2C)n1. The smallest absolute Gasteiger partial charge is 0.335 e. The van der Waals surface area contributed by atoms with Gasteiger partial charge in [0.15, 0.2) is 0 Å². The quantitative estimate of drug-likeness (QED) is 0.564. The molecule has 0 saturated heterocycles. The van der Waals surface area contributed by atoms with Crippen molar-refractivity contribution in [2.75, 3.05) is 11.8 Å². The van der Waals surface area contributed by atoms with E-state index >= 15 is 0 Å². The average molecular weight is 386 g/mol. The maximum Gasteiger partial charge on any atom is 0.335 e. The van der Waals surface area contributed by atoms with Crippen molar-refractivity contribution in [1.29, 1.82) is 0 Å². The van der Waals surface area contributed by atoms with Crippen LogP contribution in [0.3, 0.4) is 0 Å². The fourth-order valence-electron chi connectivity index (χ4n) is 2.43. The molecule has 7 heteroatoms. The van der Waals surface area contributed by atoms with Gasteiger partial charge in [-0.1, -0.05) is 18.2 Å². The third-order valence-electron chi connectivity index (χ3n) is 4.03. The van der Waals surface area contributed by atoms with Gasteiger partial charge in [-0.25, -0.2) is 9.78 Å². The molecular weight excluding hydrogens is 368 g/mol. The molecule has 0 atom stereocenters. The molecule has 0 fully saturated rings. The molecule has 1 aromatic heterocycles. The van der Waals surface area contributed by atoms with E-state index in [1.54, 1.807) is 17.4 Å². The number of anilines is 1. The number of hydrogen-bond donors (Lipinski definition) is 2. The molecule has 0 radical (unpaired) electrons. The lowest BCUT2D eigenvalue weighted by molar-refractivity contribution is 0.0696. The van der Waals surface area contributed by atoms with Crippen LogP contribution in [-0.2, 0) is 0 Å². The first-order chi connectivity index (χ1) is 12.5. The Morgan fingerprint density at radius 2 is 2.08 bits per heavy atom. The van der Waals surface area contributed by atoms with E-state index in [1.807, 2.05) is 11.4 Å². The van der Waals surface area contributed by atoms with Crippen LogP contribution in [0.2, 0.25) is 0 Å². The minimum Gasteiger partial charge on any atom is -0.495 e. The molecule has 0 aliphatic heterocycles. The van der Waals surface area contributed by atoms with Crippen molar-refractivity contribution in [3.63, 3.8) is 0 Å². The van der Waals surface area contributed by atoms with Gasteiger partial charge < -0.3 is 14.6 Å². The van der Waals surface area contributed by atoms with Crippen molar-refractivity contribution in [3.8, 4) is 16.3 Å². The lowest BCUT2D eigenvalue weighted by atomic mass is 10.0. The Labute approximate surface area is 160 Å². The van der Waals surface area contributed by atoms with Crippen LogP contribution in [0.1, 0.15) is 21.5 Å². The summed E-state index contributed by atoms with van der Waals surface area (Å²) in [6, 6.07) is 10.9. The minimum atomic E-state index is -0.986. The normalized spacial score (nSPS) is 10.6. The van der Waals surface area contributed by atoms with Gasteiger partial charge in [0.1, 0.15) is 15.8 Å². The van der Waals surface area contributed by atoms with Gasteiger partial charge in [0.25, 0.3) is 0 Å². The summed E-state index contributed by atoms with van der Waals surface area (Å²) in [7, 11) is 1.51. The van der Waals surface area contributed by atoms with Crippen LogP contribution in [0.5, 0.6) is 5.75 Å². The van der Waals surface area contributed by atoms with E-state index in [2.05, 4.69) is 35.7 Å². The molecule has 0 saturated carbocycles. The van der Waals surface area contributed by atoms with Gasteiger partial charge in [-0.2, -0.15) is 0 Å². The van der Waals surface area contributed by atoms with Gasteiger partial charge in [0.05, 0.1) is 18.4 Å². The molecule has 0 spiro atoms. The van der Waals surface area contributed by atoms with Gasteiger partial charge in [-0.05, 0) is 43.2 Å². The second-order valence-electron chi connectivity index (χ2n) is 5.66. The van der Waals surface area contributed by atoms with Gasteiger partial charge in [-0.3, -0.25) is 0 Å². The van der Waals surface area contributed by atoms with Crippen molar-refractivity contribution >= 4 is 34.9 Å². The number of aryl methyl sites for hydroxylation is 1. The number of methoxy groups -OCH3 is 1. The second kappa shape index (κ2) is 7.80. The summed E-state index contributed by atoms with van der Waals surface area (Å²) in [6.07, 6.45) is 0. The van der Waals surface area contributed by atoms with E-state index in [4.69, 9.17) is 9.84 Å². The standard InChI is InChI=1S/C19H18N2O3S2/c1-11-5-4-6-14(12(11)2)18-20-17(10-25-18)26-21-15-8-7-13(19(22)23)9-16(15)24-3/h4-10,21H,1-3H3,(H,22,23). The van der Waals surface area contributed by atoms with Crippen molar-refractivity contribution in [1.82, 2.24) is 4.98 Å². The number of aromatic nitrogens is 1. The van der Waals surface area contributed by atoms with Crippen molar-refractivity contribution in [2.24, 2.45) is 0 Å². The highest BCUT2D eigenvalue weighted by Gasteiger charge is 2.12. The Hall–Kier alpha value is -2.51. The predicted molar refractivity (Wildman–Crippen MR) is 106 cm³/mol. The average Bonchev–Trinajstić information content (AvgIpc) is 3.10. The van der Waals surface area contributed by atoms with Crippen LogP contribution in [-0.4, -0.2) is 23.2 Å². The lowest BCUT2D eigenvalue weighted by Gasteiger charge is -2.10. The third-order valence-corrected chi connectivity index (χ3v) is 5.80. The Kier molecular flexibility index (Phi) is 5.49. The fourth-order valence-corrected chi connectivity index (χ4v) is 4.11. The highest BCUT2D eigenvalue weighted by molar-refractivity contribution is 8.00. The van der Waals surface area contributed by atoms with Gasteiger partial charge in [0.2, 0.25) is 0 Å². The number of ether oxygens (including phenoxy) is 1. The number of rotatable bonds is 6. The summed E-state index contributed by atoms with van der Waals surface area (Å²) in [5.74, 6) is -0.512. The van der Waals surface area contributed by atoms with Gasteiger partial charge >= 0.3 is 5.97 Å². The van der Waals surface area contributed by atoms with E-state index in [0.717, 1.165) is 15.6 Å². The van der Waals surface area contributed by atoms with Crippen LogP contribution in [0.25, 0.3) is 10.6 Å². The van der Waals surface area contributed by atoms with Crippen molar-refractivity contribution in [2.45, 2.75) is 18.9 Å². The van der Waals surface area contributed by atoms with E-state index in [-0.39, 0.29) is 5.56 Å². The second-order valence-corrected chi connectivity index (χ2v) is 7.35. The van der Waals surface area contributed by atoms with Crippen LogP contribution >= 0.6 is 23.3 Å². The van der Waals surface area contributed by atoms with Crippen LogP contribution < -0.4 is 9.46 Å².